The molecule has 7 heteroatoms. The Bertz CT molecular complexity index is 552. The van der Waals surface area contributed by atoms with Crippen molar-refractivity contribution in [3.63, 3.8) is 0 Å². The van der Waals surface area contributed by atoms with Crippen LogP contribution in [0.15, 0.2) is 43.0 Å². The summed E-state index contributed by atoms with van der Waals surface area (Å²) >= 11 is -0.478. The Hall–Kier alpha value is -1.76. The molecular formula is C15H14F4O2S. The van der Waals surface area contributed by atoms with Crippen molar-refractivity contribution in [2.75, 3.05) is 7.11 Å². The molecule has 0 amide bonds. The second-order valence-corrected chi connectivity index (χ2v) is 5.70. The number of thioether (sulfide) groups is 1. The third-order valence-corrected chi connectivity index (χ3v) is 3.76. The highest BCUT2D eigenvalue weighted by molar-refractivity contribution is 8.02. The summed E-state index contributed by atoms with van der Waals surface area (Å²) in [7, 11) is 1.02. The van der Waals surface area contributed by atoms with Gasteiger partial charge in [-0.2, -0.15) is 13.2 Å². The van der Waals surface area contributed by atoms with Crippen LogP contribution in [0.5, 0.6) is 0 Å². The van der Waals surface area contributed by atoms with Gasteiger partial charge in [0.1, 0.15) is 10.6 Å². The van der Waals surface area contributed by atoms with Crippen LogP contribution in [0, 0.1) is 5.82 Å². The number of benzene rings is 1. The molecule has 1 atom stereocenters. The SMILES string of the molecule is C=CCC(/C=C/c1ccc(F)cc1)(SC(F)(F)F)C(=O)OC. The molecule has 0 radical (unpaired) electrons. The van der Waals surface area contributed by atoms with E-state index in [4.69, 9.17) is 0 Å². The van der Waals surface area contributed by atoms with Crippen molar-refractivity contribution in [3.8, 4) is 0 Å². The lowest BCUT2D eigenvalue weighted by Gasteiger charge is -2.26. The highest BCUT2D eigenvalue weighted by Gasteiger charge is 2.47. The van der Waals surface area contributed by atoms with Crippen LogP contribution in [-0.2, 0) is 9.53 Å². The van der Waals surface area contributed by atoms with Gasteiger partial charge in [-0.1, -0.05) is 30.4 Å². The maximum absolute atomic E-state index is 12.8. The number of ether oxygens (including phenoxy) is 1. The second kappa shape index (κ2) is 7.49. The Labute approximate surface area is 129 Å². The van der Waals surface area contributed by atoms with Gasteiger partial charge in [0.25, 0.3) is 0 Å². The fourth-order valence-corrected chi connectivity index (χ4v) is 2.65. The summed E-state index contributed by atoms with van der Waals surface area (Å²) in [5, 5.41) is 0. The first-order chi connectivity index (χ1) is 10.2. The molecule has 0 aromatic heterocycles. The molecule has 0 bridgehead atoms. The number of esters is 1. The van der Waals surface area contributed by atoms with Crippen LogP contribution < -0.4 is 0 Å². The third-order valence-electron chi connectivity index (χ3n) is 2.69. The number of carbonyl (C=O) groups excluding carboxylic acids is 1. The largest absolute Gasteiger partial charge is 0.468 e. The van der Waals surface area contributed by atoms with Crippen molar-refractivity contribution in [2.45, 2.75) is 16.7 Å². The van der Waals surface area contributed by atoms with E-state index in [0.717, 1.165) is 13.2 Å². The Morgan fingerprint density at radius 1 is 1.32 bits per heavy atom. The predicted octanol–water partition coefficient (Wildman–Crippen LogP) is 4.58. The van der Waals surface area contributed by atoms with Crippen molar-refractivity contribution in [1.29, 1.82) is 0 Å². The molecule has 0 fully saturated rings. The van der Waals surface area contributed by atoms with E-state index in [2.05, 4.69) is 11.3 Å². The topological polar surface area (TPSA) is 26.3 Å². The molecule has 120 valence electrons. The van der Waals surface area contributed by atoms with E-state index < -0.39 is 33.8 Å². The Kier molecular flexibility index (Phi) is 6.22. The van der Waals surface area contributed by atoms with Crippen LogP contribution in [0.3, 0.4) is 0 Å². The smallest absolute Gasteiger partial charge is 0.443 e. The fourth-order valence-electron chi connectivity index (χ4n) is 1.74. The van der Waals surface area contributed by atoms with Gasteiger partial charge >= 0.3 is 11.5 Å². The highest BCUT2D eigenvalue weighted by Crippen LogP contribution is 2.44. The number of alkyl halides is 3. The number of allylic oxidation sites excluding steroid dienone is 1. The van der Waals surface area contributed by atoms with E-state index in [1.54, 1.807) is 0 Å². The van der Waals surface area contributed by atoms with E-state index in [9.17, 15) is 22.4 Å². The first kappa shape index (κ1) is 18.3. The van der Waals surface area contributed by atoms with Crippen LogP contribution in [0.2, 0.25) is 0 Å². The monoisotopic (exact) mass is 334 g/mol. The van der Waals surface area contributed by atoms with Crippen LogP contribution in [0.25, 0.3) is 6.08 Å². The summed E-state index contributed by atoms with van der Waals surface area (Å²) in [4.78, 5) is 11.9. The molecule has 0 N–H and O–H groups in total. The van der Waals surface area contributed by atoms with Crippen molar-refractivity contribution >= 4 is 23.8 Å². The molecule has 1 aromatic carbocycles. The average Bonchev–Trinajstić information content (AvgIpc) is 2.44. The minimum absolute atomic E-state index is 0.262. The number of hydrogen-bond acceptors (Lipinski definition) is 3. The molecule has 0 saturated heterocycles. The number of halogens is 4. The summed E-state index contributed by atoms with van der Waals surface area (Å²) in [5.74, 6) is -1.50. The van der Waals surface area contributed by atoms with Gasteiger partial charge in [-0.15, -0.1) is 6.58 Å². The zero-order valence-electron chi connectivity index (χ0n) is 11.7. The zero-order chi connectivity index (χ0) is 16.8. The molecular weight excluding hydrogens is 320 g/mol. The standard InChI is InChI=1S/C15H14F4O2S/c1-3-9-14(13(20)21-2,22-15(17,18)19)10-8-11-4-6-12(16)7-5-11/h3-8,10H,1,9H2,2H3/b10-8+. The molecule has 1 unspecified atom stereocenters. The van der Waals surface area contributed by atoms with E-state index in [1.165, 1.54) is 36.4 Å². The summed E-state index contributed by atoms with van der Waals surface area (Å²) in [5.41, 5.74) is -4.17. The normalized spacial score (nSPS) is 14.6. The summed E-state index contributed by atoms with van der Waals surface area (Å²) in [6, 6.07) is 5.12. The van der Waals surface area contributed by atoms with Crippen molar-refractivity contribution in [3.05, 3.63) is 54.4 Å². The van der Waals surface area contributed by atoms with Gasteiger partial charge in [0, 0.05) is 0 Å². The molecule has 0 aliphatic rings. The third kappa shape index (κ3) is 5.22. The van der Waals surface area contributed by atoms with Gasteiger partial charge in [0.05, 0.1) is 7.11 Å². The maximum atomic E-state index is 12.8. The molecule has 1 rings (SSSR count). The minimum atomic E-state index is -4.63. The van der Waals surface area contributed by atoms with Crippen molar-refractivity contribution in [1.82, 2.24) is 0 Å². The fraction of sp³-hybridized carbons (Fsp3) is 0.267. The summed E-state index contributed by atoms with van der Waals surface area (Å²) < 4.78 is 53.7. The van der Waals surface area contributed by atoms with E-state index in [-0.39, 0.29) is 6.42 Å². The molecule has 0 heterocycles. The second-order valence-electron chi connectivity index (χ2n) is 4.31. The van der Waals surface area contributed by atoms with Gasteiger partial charge in [0.15, 0.2) is 0 Å². The average molecular weight is 334 g/mol. The van der Waals surface area contributed by atoms with E-state index in [0.29, 0.717) is 5.56 Å². The molecule has 1 aromatic rings. The Morgan fingerprint density at radius 2 is 1.91 bits per heavy atom. The molecule has 0 aliphatic heterocycles. The number of rotatable bonds is 6. The lowest BCUT2D eigenvalue weighted by molar-refractivity contribution is -0.142. The Morgan fingerprint density at radius 3 is 2.36 bits per heavy atom. The number of methoxy groups -OCH3 is 1. The number of carbonyl (C=O) groups is 1. The first-order valence-electron chi connectivity index (χ1n) is 6.13. The van der Waals surface area contributed by atoms with Gasteiger partial charge in [0.2, 0.25) is 0 Å². The van der Waals surface area contributed by atoms with Gasteiger partial charge in [-0.25, -0.2) is 4.39 Å². The van der Waals surface area contributed by atoms with E-state index in [1.807, 2.05) is 0 Å². The van der Waals surface area contributed by atoms with Crippen LogP contribution in [0.4, 0.5) is 17.6 Å². The van der Waals surface area contributed by atoms with Gasteiger partial charge in [-0.05, 0) is 35.9 Å². The molecule has 2 nitrogen and oxygen atoms in total. The van der Waals surface area contributed by atoms with Crippen LogP contribution in [-0.4, -0.2) is 23.3 Å². The molecule has 0 spiro atoms. The lowest BCUT2D eigenvalue weighted by Crippen LogP contribution is -2.36. The van der Waals surface area contributed by atoms with Crippen molar-refractivity contribution in [2.24, 2.45) is 0 Å². The summed E-state index contributed by atoms with van der Waals surface area (Å²) in [6.07, 6.45) is 3.37. The van der Waals surface area contributed by atoms with Crippen LogP contribution in [0.1, 0.15) is 12.0 Å². The number of hydrogen-bond donors (Lipinski definition) is 0. The lowest BCUT2D eigenvalue weighted by atomic mass is 10.0. The zero-order valence-corrected chi connectivity index (χ0v) is 12.5. The molecule has 0 aliphatic carbocycles. The van der Waals surface area contributed by atoms with Gasteiger partial charge < -0.3 is 4.74 Å². The molecule has 0 saturated carbocycles. The minimum Gasteiger partial charge on any atom is -0.468 e. The summed E-state index contributed by atoms with van der Waals surface area (Å²) in [6.45, 7) is 3.39. The Balaban J connectivity index is 3.19. The first-order valence-corrected chi connectivity index (χ1v) is 6.95. The predicted molar refractivity (Wildman–Crippen MR) is 78.6 cm³/mol. The van der Waals surface area contributed by atoms with Crippen molar-refractivity contribution < 1.29 is 27.1 Å². The van der Waals surface area contributed by atoms with E-state index >= 15 is 0 Å². The molecule has 22 heavy (non-hydrogen) atoms. The highest BCUT2D eigenvalue weighted by atomic mass is 32.2. The maximum Gasteiger partial charge on any atom is 0.443 e. The van der Waals surface area contributed by atoms with Gasteiger partial charge in [-0.3, -0.25) is 4.79 Å². The van der Waals surface area contributed by atoms with Crippen LogP contribution >= 0.6 is 11.8 Å². The quantitative estimate of drug-likeness (QED) is 0.433.